The second kappa shape index (κ2) is 5.10. The zero-order valence-electron chi connectivity index (χ0n) is 11.1. The van der Waals surface area contributed by atoms with E-state index >= 15 is 0 Å². The Morgan fingerprint density at radius 2 is 1.90 bits per heavy atom. The fraction of sp³-hybridized carbons (Fsp3) is 0.0714. The molecule has 2 heterocycles. The van der Waals surface area contributed by atoms with E-state index in [0.717, 1.165) is 0 Å². The molecule has 7 heteroatoms. The average Bonchev–Trinajstić information content (AvgIpc) is 2.47. The first-order chi connectivity index (χ1) is 10.1. The van der Waals surface area contributed by atoms with Crippen LogP contribution in [0.15, 0.2) is 57.1 Å². The van der Waals surface area contributed by atoms with Crippen LogP contribution in [0.3, 0.4) is 0 Å². The van der Waals surface area contributed by atoms with Crippen molar-refractivity contribution in [2.45, 2.75) is 4.90 Å². The molecule has 6 nitrogen and oxygen atoms in total. The number of aromatic nitrogens is 3. The van der Waals surface area contributed by atoms with Crippen molar-refractivity contribution < 1.29 is 4.21 Å². The molecule has 0 amide bonds. The summed E-state index contributed by atoms with van der Waals surface area (Å²) in [5, 5.41) is 0.300. The Kier molecular flexibility index (Phi) is 3.26. The lowest BCUT2D eigenvalue weighted by atomic mass is 10.3. The molecule has 0 aliphatic carbocycles. The van der Waals surface area contributed by atoms with Crippen molar-refractivity contribution in [2.24, 2.45) is 0 Å². The van der Waals surface area contributed by atoms with Crippen LogP contribution in [0.2, 0.25) is 0 Å². The van der Waals surface area contributed by atoms with E-state index in [0.29, 0.717) is 16.0 Å². The van der Waals surface area contributed by atoms with Crippen molar-refractivity contribution in [1.82, 2.24) is 14.5 Å². The van der Waals surface area contributed by atoms with Crippen molar-refractivity contribution in [3.8, 4) is 5.69 Å². The first kappa shape index (κ1) is 13.4. The summed E-state index contributed by atoms with van der Waals surface area (Å²) in [6.07, 6.45) is 3.04. The molecule has 1 N–H and O–H groups in total. The van der Waals surface area contributed by atoms with E-state index in [4.69, 9.17) is 0 Å². The third kappa shape index (κ3) is 2.21. The Morgan fingerprint density at radius 3 is 2.67 bits per heavy atom. The van der Waals surface area contributed by atoms with Gasteiger partial charge in [0.25, 0.3) is 5.56 Å². The van der Waals surface area contributed by atoms with Crippen LogP contribution >= 0.6 is 0 Å². The highest BCUT2D eigenvalue weighted by atomic mass is 32.2. The van der Waals surface area contributed by atoms with Crippen LogP contribution in [0, 0.1) is 0 Å². The SMILES string of the molecule is CS(=O)c1ccccc1-n1c(=O)[nH]c(=O)c2cccnc21. The first-order valence-electron chi connectivity index (χ1n) is 6.12. The third-order valence-corrected chi connectivity index (χ3v) is 4.05. The maximum Gasteiger partial charge on any atom is 0.334 e. The van der Waals surface area contributed by atoms with Gasteiger partial charge in [-0.1, -0.05) is 12.1 Å². The van der Waals surface area contributed by atoms with Gasteiger partial charge in [0, 0.05) is 12.5 Å². The molecule has 21 heavy (non-hydrogen) atoms. The van der Waals surface area contributed by atoms with Crippen molar-refractivity contribution in [1.29, 1.82) is 0 Å². The number of benzene rings is 1. The number of rotatable bonds is 2. The van der Waals surface area contributed by atoms with Gasteiger partial charge < -0.3 is 0 Å². The quantitative estimate of drug-likeness (QED) is 0.759. The molecular formula is C14H11N3O3S. The molecule has 0 saturated heterocycles. The number of fused-ring (bicyclic) bond motifs is 1. The third-order valence-electron chi connectivity index (χ3n) is 3.08. The molecular weight excluding hydrogens is 290 g/mol. The van der Waals surface area contributed by atoms with Gasteiger partial charge in [0.15, 0.2) is 5.65 Å². The van der Waals surface area contributed by atoms with Crippen LogP contribution in [0.25, 0.3) is 16.7 Å². The summed E-state index contributed by atoms with van der Waals surface area (Å²) in [5.41, 5.74) is -0.411. The van der Waals surface area contributed by atoms with E-state index in [1.165, 1.54) is 17.0 Å². The molecule has 0 aliphatic heterocycles. The number of hydrogen-bond acceptors (Lipinski definition) is 4. The van der Waals surface area contributed by atoms with Crippen LogP contribution < -0.4 is 11.2 Å². The summed E-state index contributed by atoms with van der Waals surface area (Å²) >= 11 is 0. The van der Waals surface area contributed by atoms with Gasteiger partial charge in [-0.05, 0) is 24.3 Å². The fourth-order valence-electron chi connectivity index (χ4n) is 2.18. The highest BCUT2D eigenvalue weighted by Gasteiger charge is 2.14. The Balaban J connectivity index is 2.50. The highest BCUT2D eigenvalue weighted by molar-refractivity contribution is 7.84. The maximum atomic E-state index is 12.2. The normalized spacial score (nSPS) is 12.4. The molecule has 0 radical (unpaired) electrons. The van der Waals surface area contributed by atoms with Crippen LogP contribution in [-0.2, 0) is 10.8 Å². The van der Waals surface area contributed by atoms with Crippen LogP contribution in [-0.4, -0.2) is 25.0 Å². The summed E-state index contributed by atoms with van der Waals surface area (Å²) in [4.78, 5) is 30.9. The first-order valence-corrected chi connectivity index (χ1v) is 7.68. The summed E-state index contributed by atoms with van der Waals surface area (Å²) in [6.45, 7) is 0. The van der Waals surface area contributed by atoms with E-state index < -0.39 is 22.0 Å². The Labute approximate surface area is 121 Å². The number of nitrogens with one attached hydrogen (secondary N) is 1. The molecule has 0 aliphatic rings. The van der Waals surface area contributed by atoms with Crippen molar-refractivity contribution in [3.63, 3.8) is 0 Å². The van der Waals surface area contributed by atoms with Gasteiger partial charge >= 0.3 is 5.69 Å². The Hall–Kier alpha value is -2.54. The monoisotopic (exact) mass is 301 g/mol. The molecule has 0 spiro atoms. The van der Waals surface area contributed by atoms with Crippen molar-refractivity contribution in [3.05, 3.63) is 63.4 Å². The predicted octanol–water partition coefficient (Wildman–Crippen LogP) is 0.811. The van der Waals surface area contributed by atoms with Gasteiger partial charge in [0.2, 0.25) is 0 Å². The van der Waals surface area contributed by atoms with Gasteiger partial charge in [0.1, 0.15) is 0 Å². The molecule has 3 rings (SSSR count). The molecule has 106 valence electrons. The summed E-state index contributed by atoms with van der Waals surface area (Å²) in [5.74, 6) is 0. The molecule has 0 fully saturated rings. The fourth-order valence-corrected chi connectivity index (χ4v) is 2.90. The number of para-hydroxylation sites is 1. The van der Waals surface area contributed by atoms with Crippen LogP contribution in [0.1, 0.15) is 0 Å². The minimum absolute atomic E-state index is 0.240. The van der Waals surface area contributed by atoms with Crippen molar-refractivity contribution >= 4 is 21.8 Å². The zero-order valence-corrected chi connectivity index (χ0v) is 11.9. The highest BCUT2D eigenvalue weighted by Crippen LogP contribution is 2.18. The number of pyridine rings is 1. The average molecular weight is 301 g/mol. The van der Waals surface area contributed by atoms with Crippen molar-refractivity contribution in [2.75, 3.05) is 6.26 Å². The molecule has 3 aromatic rings. The maximum absolute atomic E-state index is 12.2. The molecule has 1 atom stereocenters. The minimum atomic E-state index is -1.28. The summed E-state index contributed by atoms with van der Waals surface area (Å²) in [7, 11) is -1.28. The van der Waals surface area contributed by atoms with E-state index in [1.54, 1.807) is 36.4 Å². The topological polar surface area (TPSA) is 84.8 Å². The van der Waals surface area contributed by atoms with Gasteiger partial charge in [-0.25, -0.2) is 14.3 Å². The van der Waals surface area contributed by atoms with Gasteiger partial charge in [-0.3, -0.25) is 14.0 Å². The summed E-state index contributed by atoms with van der Waals surface area (Å²) in [6, 6.07) is 10.0. The van der Waals surface area contributed by atoms with Crippen LogP contribution in [0.5, 0.6) is 0 Å². The number of aromatic amines is 1. The lowest BCUT2D eigenvalue weighted by Gasteiger charge is -2.11. The second-order valence-electron chi connectivity index (χ2n) is 4.39. The van der Waals surface area contributed by atoms with E-state index in [2.05, 4.69) is 9.97 Å². The van der Waals surface area contributed by atoms with E-state index in [-0.39, 0.29) is 5.65 Å². The number of H-pyrrole nitrogens is 1. The molecule has 2 aromatic heterocycles. The molecule has 0 saturated carbocycles. The summed E-state index contributed by atoms with van der Waals surface area (Å²) < 4.78 is 13.1. The predicted molar refractivity (Wildman–Crippen MR) is 80.3 cm³/mol. The molecule has 0 bridgehead atoms. The van der Waals surface area contributed by atoms with E-state index in [9.17, 15) is 13.8 Å². The van der Waals surface area contributed by atoms with E-state index in [1.807, 2.05) is 0 Å². The largest absolute Gasteiger partial charge is 0.334 e. The second-order valence-corrected chi connectivity index (χ2v) is 5.74. The lowest BCUT2D eigenvalue weighted by Crippen LogP contribution is -2.30. The molecule has 1 unspecified atom stereocenters. The Bertz CT molecular complexity index is 975. The zero-order chi connectivity index (χ0) is 15.0. The number of nitrogens with zero attached hydrogens (tertiary/aromatic N) is 2. The number of hydrogen-bond donors (Lipinski definition) is 1. The van der Waals surface area contributed by atoms with Gasteiger partial charge in [-0.2, -0.15) is 0 Å². The van der Waals surface area contributed by atoms with Gasteiger partial charge in [-0.15, -0.1) is 0 Å². The standard InChI is InChI=1S/C14H11N3O3S/c1-21(20)11-7-3-2-6-10(11)17-12-9(5-4-8-15-12)13(18)16-14(17)19/h2-8H,1H3,(H,16,18,19). The van der Waals surface area contributed by atoms with Crippen LogP contribution in [0.4, 0.5) is 0 Å². The Morgan fingerprint density at radius 1 is 1.14 bits per heavy atom. The minimum Gasteiger partial charge on any atom is -0.273 e. The smallest absolute Gasteiger partial charge is 0.273 e. The molecule has 1 aromatic carbocycles. The lowest BCUT2D eigenvalue weighted by molar-refractivity contribution is 0.686. The van der Waals surface area contributed by atoms with Gasteiger partial charge in [0.05, 0.1) is 26.8 Å².